The molecule has 9 heteroatoms. The van der Waals surface area contributed by atoms with Gasteiger partial charge in [0.15, 0.2) is 5.58 Å². The molecule has 2 fully saturated rings. The van der Waals surface area contributed by atoms with Crippen molar-refractivity contribution < 1.29 is 17.6 Å². The number of benzene rings is 1. The first-order valence-electron chi connectivity index (χ1n) is 12.5. The number of carbonyl (C=O) groups excluding carboxylic acids is 1. The summed E-state index contributed by atoms with van der Waals surface area (Å²) in [6, 6.07) is 4.71. The van der Waals surface area contributed by atoms with E-state index in [4.69, 9.17) is 4.42 Å². The van der Waals surface area contributed by atoms with Crippen molar-refractivity contribution in [1.82, 2.24) is 14.2 Å². The van der Waals surface area contributed by atoms with Crippen molar-refractivity contribution in [2.45, 2.75) is 89.6 Å². The largest absolute Gasteiger partial charge is 0.419 e. The quantitative estimate of drug-likeness (QED) is 0.604. The molecule has 0 radical (unpaired) electrons. The Labute approximate surface area is 201 Å². The van der Waals surface area contributed by atoms with Gasteiger partial charge in [-0.15, -0.1) is 0 Å². The second-order valence-electron chi connectivity index (χ2n) is 10.5. The number of rotatable bonds is 8. The van der Waals surface area contributed by atoms with Crippen LogP contribution in [0.3, 0.4) is 0 Å². The molecule has 0 atom stereocenters. The van der Waals surface area contributed by atoms with Crippen molar-refractivity contribution in [2.24, 2.45) is 11.3 Å². The third kappa shape index (κ3) is 5.10. The van der Waals surface area contributed by atoms with Crippen LogP contribution in [0.15, 0.2) is 32.3 Å². The van der Waals surface area contributed by atoms with Crippen molar-refractivity contribution in [3.63, 3.8) is 0 Å². The number of aryl methyl sites for hydroxylation is 1. The Bertz CT molecular complexity index is 1180. The minimum Gasteiger partial charge on any atom is -0.408 e. The zero-order valence-electron chi connectivity index (χ0n) is 20.5. The molecule has 0 spiro atoms. The highest BCUT2D eigenvalue weighted by Crippen LogP contribution is 2.40. The van der Waals surface area contributed by atoms with E-state index in [1.807, 2.05) is 0 Å². The molecule has 2 heterocycles. The smallest absolute Gasteiger partial charge is 0.408 e. The van der Waals surface area contributed by atoms with Gasteiger partial charge in [0, 0.05) is 38.2 Å². The summed E-state index contributed by atoms with van der Waals surface area (Å²) in [5.41, 5.74) is 1.06. The number of nitrogens with one attached hydrogen (secondary N) is 1. The van der Waals surface area contributed by atoms with E-state index in [0.717, 1.165) is 44.9 Å². The Hall–Kier alpha value is -2.13. The maximum atomic E-state index is 12.8. The third-order valence-corrected chi connectivity index (χ3v) is 9.91. The molecular weight excluding hydrogens is 454 g/mol. The van der Waals surface area contributed by atoms with Crippen LogP contribution in [0.5, 0.6) is 0 Å². The van der Waals surface area contributed by atoms with Crippen LogP contribution in [-0.4, -0.2) is 42.3 Å². The second kappa shape index (κ2) is 9.85. The highest BCUT2D eigenvalue weighted by atomic mass is 32.2. The van der Waals surface area contributed by atoms with Crippen LogP contribution in [-0.2, 0) is 21.4 Å². The van der Waals surface area contributed by atoms with Gasteiger partial charge in [-0.25, -0.2) is 13.2 Å². The molecule has 1 aromatic heterocycles. The number of sulfonamides is 1. The molecule has 8 nitrogen and oxygen atoms in total. The summed E-state index contributed by atoms with van der Waals surface area (Å²) >= 11 is 0. The fraction of sp³-hybridized carbons (Fsp3) is 0.680. The molecule has 1 saturated carbocycles. The SMILES string of the molecule is CCC(C)(C)C1CCC(NC(=O)CCn2c(=O)oc3cc(S(=O)(=O)N4CCCC4)ccc32)CC1. The molecule has 2 aromatic rings. The van der Waals surface area contributed by atoms with Gasteiger partial charge in [0.1, 0.15) is 0 Å². The number of amides is 1. The minimum absolute atomic E-state index is 0.0762. The van der Waals surface area contributed by atoms with Crippen LogP contribution < -0.4 is 11.1 Å². The second-order valence-corrected chi connectivity index (χ2v) is 12.4. The lowest BCUT2D eigenvalue weighted by Gasteiger charge is -2.39. The average Bonchev–Trinajstić information content (AvgIpc) is 3.46. The number of nitrogens with zero attached hydrogens (tertiary/aromatic N) is 2. The summed E-state index contributed by atoms with van der Waals surface area (Å²) < 4.78 is 33.8. The molecule has 1 aliphatic heterocycles. The van der Waals surface area contributed by atoms with Crippen molar-refractivity contribution in [2.75, 3.05) is 13.1 Å². The minimum atomic E-state index is -3.59. The van der Waals surface area contributed by atoms with E-state index in [0.29, 0.717) is 29.9 Å². The summed E-state index contributed by atoms with van der Waals surface area (Å²) in [6.45, 7) is 8.11. The lowest BCUT2D eigenvalue weighted by Crippen LogP contribution is -2.40. The van der Waals surface area contributed by atoms with E-state index in [1.165, 1.54) is 21.0 Å². The van der Waals surface area contributed by atoms with Crippen molar-refractivity contribution in [3.8, 4) is 0 Å². The van der Waals surface area contributed by atoms with E-state index in [1.54, 1.807) is 6.07 Å². The number of hydrogen-bond donors (Lipinski definition) is 1. The molecule has 188 valence electrons. The number of hydrogen-bond acceptors (Lipinski definition) is 5. The monoisotopic (exact) mass is 491 g/mol. The van der Waals surface area contributed by atoms with Gasteiger partial charge in [-0.2, -0.15) is 4.31 Å². The summed E-state index contributed by atoms with van der Waals surface area (Å²) in [7, 11) is -3.59. The van der Waals surface area contributed by atoms with Crippen LogP contribution in [0.1, 0.15) is 72.1 Å². The third-order valence-electron chi connectivity index (χ3n) is 8.01. The lowest BCUT2D eigenvalue weighted by molar-refractivity contribution is -0.122. The van der Waals surface area contributed by atoms with E-state index in [2.05, 4.69) is 26.1 Å². The Morgan fingerprint density at radius 1 is 1.15 bits per heavy atom. The predicted molar refractivity (Wildman–Crippen MR) is 131 cm³/mol. The number of aromatic nitrogens is 1. The van der Waals surface area contributed by atoms with Gasteiger partial charge in [-0.05, 0) is 62.0 Å². The lowest BCUT2D eigenvalue weighted by atomic mass is 9.69. The normalized spacial score (nSPS) is 22.3. The first-order valence-corrected chi connectivity index (χ1v) is 14.0. The summed E-state index contributed by atoms with van der Waals surface area (Å²) in [4.78, 5) is 25.1. The highest BCUT2D eigenvalue weighted by Gasteiger charge is 2.32. The summed E-state index contributed by atoms with van der Waals surface area (Å²) in [5.74, 6) is 0.0363. The molecular formula is C25H37N3O5S. The average molecular weight is 492 g/mol. The van der Waals surface area contributed by atoms with Crippen molar-refractivity contribution in [1.29, 1.82) is 0 Å². The van der Waals surface area contributed by atoms with Crippen LogP contribution in [0.25, 0.3) is 11.1 Å². The van der Waals surface area contributed by atoms with E-state index in [-0.39, 0.29) is 35.4 Å². The Morgan fingerprint density at radius 2 is 1.82 bits per heavy atom. The van der Waals surface area contributed by atoms with Gasteiger partial charge in [0.25, 0.3) is 0 Å². The Kier molecular flexibility index (Phi) is 7.24. The number of fused-ring (bicyclic) bond motifs is 1. The summed E-state index contributed by atoms with van der Waals surface area (Å²) in [5, 5.41) is 3.13. The van der Waals surface area contributed by atoms with Crippen molar-refractivity contribution >= 4 is 27.0 Å². The molecule has 1 aliphatic carbocycles. The molecule has 1 saturated heterocycles. The molecule has 0 bridgehead atoms. The molecule has 1 aromatic carbocycles. The maximum Gasteiger partial charge on any atom is 0.419 e. The molecule has 0 unspecified atom stereocenters. The summed E-state index contributed by atoms with van der Waals surface area (Å²) in [6.07, 6.45) is 7.27. The van der Waals surface area contributed by atoms with Crippen LogP contribution in [0.4, 0.5) is 0 Å². The zero-order chi connectivity index (χ0) is 24.5. The Morgan fingerprint density at radius 3 is 2.47 bits per heavy atom. The first-order chi connectivity index (χ1) is 16.1. The van der Waals surface area contributed by atoms with Gasteiger partial charge < -0.3 is 9.73 Å². The molecule has 34 heavy (non-hydrogen) atoms. The van der Waals surface area contributed by atoms with Crippen LogP contribution >= 0.6 is 0 Å². The maximum absolute atomic E-state index is 12.8. The van der Waals surface area contributed by atoms with Gasteiger partial charge in [0.2, 0.25) is 15.9 Å². The standard InChI is InChI=1S/C25H37N3O5S/c1-4-25(2,3)18-7-9-19(10-8-18)26-23(29)13-16-28-21-12-11-20(17-22(21)33-24(28)30)34(31,32)27-14-5-6-15-27/h11-12,17-19H,4-10,13-16H2,1-3H3,(H,26,29). The first kappa shape index (κ1) is 25.0. The number of oxazole rings is 1. The van der Waals surface area contributed by atoms with Crippen molar-refractivity contribution in [3.05, 3.63) is 28.7 Å². The van der Waals surface area contributed by atoms with Gasteiger partial charge in [0.05, 0.1) is 10.4 Å². The molecule has 2 aliphatic rings. The van der Waals surface area contributed by atoms with Gasteiger partial charge in [-0.1, -0.05) is 27.2 Å². The van der Waals surface area contributed by atoms with E-state index in [9.17, 15) is 18.0 Å². The van der Waals surface area contributed by atoms with Gasteiger partial charge in [-0.3, -0.25) is 9.36 Å². The fourth-order valence-corrected chi connectivity index (χ4v) is 6.85. The van der Waals surface area contributed by atoms with Crippen LogP contribution in [0.2, 0.25) is 0 Å². The van der Waals surface area contributed by atoms with Crippen LogP contribution in [0, 0.1) is 11.3 Å². The fourth-order valence-electron chi connectivity index (χ4n) is 5.32. The molecule has 1 N–H and O–H groups in total. The van der Waals surface area contributed by atoms with E-state index >= 15 is 0 Å². The predicted octanol–water partition coefficient (Wildman–Crippen LogP) is 3.88. The molecule has 1 amide bonds. The van der Waals surface area contributed by atoms with E-state index < -0.39 is 15.8 Å². The highest BCUT2D eigenvalue weighted by molar-refractivity contribution is 7.89. The zero-order valence-corrected chi connectivity index (χ0v) is 21.3. The number of carbonyl (C=O) groups is 1. The molecule has 4 rings (SSSR count). The van der Waals surface area contributed by atoms with Gasteiger partial charge >= 0.3 is 5.76 Å². The Balaban J connectivity index is 1.37. The topological polar surface area (TPSA) is 102 Å².